The fraction of sp³-hybridized carbons (Fsp3) is 1.00. The summed E-state index contributed by atoms with van der Waals surface area (Å²) in [4.78, 5) is 0. The van der Waals surface area contributed by atoms with Crippen LogP contribution in [-0.4, -0.2) is 17.8 Å². The zero-order chi connectivity index (χ0) is 5.70. The molecule has 7 heavy (non-hydrogen) atoms. The predicted octanol–water partition coefficient (Wildman–Crippen LogP) is 2.23. The van der Waals surface area contributed by atoms with Crippen LogP contribution in [0.2, 0.25) is 0 Å². The van der Waals surface area contributed by atoms with Gasteiger partial charge in [-0.1, -0.05) is 13.8 Å². The van der Waals surface area contributed by atoms with E-state index in [9.17, 15) is 0 Å². The molecular formula is C4H11BrNP. The summed E-state index contributed by atoms with van der Waals surface area (Å²) in [6.45, 7) is 6.63. The van der Waals surface area contributed by atoms with Crippen molar-refractivity contribution in [2.45, 2.75) is 13.8 Å². The Balaban J connectivity index is 2.99. The van der Waals surface area contributed by atoms with Crippen molar-refractivity contribution in [3.05, 3.63) is 0 Å². The Morgan fingerprint density at radius 3 is 1.86 bits per heavy atom. The topological polar surface area (TPSA) is 3.24 Å². The van der Waals surface area contributed by atoms with Gasteiger partial charge in [0.25, 0.3) is 0 Å². The molecule has 3 heteroatoms. The molecule has 0 saturated heterocycles. The number of hydrogen-bond donors (Lipinski definition) is 0. The van der Waals surface area contributed by atoms with Crippen molar-refractivity contribution in [3.8, 4) is 0 Å². The molecule has 0 fully saturated rings. The molecule has 1 unspecified atom stereocenters. The average molecular weight is 184 g/mol. The van der Waals surface area contributed by atoms with Crippen molar-refractivity contribution in [2.24, 2.45) is 0 Å². The van der Waals surface area contributed by atoms with E-state index < -0.39 is 0 Å². The first-order chi connectivity index (χ1) is 3.35. The molecule has 44 valence electrons. The molecule has 0 saturated carbocycles. The highest BCUT2D eigenvalue weighted by atomic mass is 79.9. The molecule has 0 aromatic carbocycles. The molecular weight excluding hydrogens is 173 g/mol. The van der Waals surface area contributed by atoms with E-state index in [2.05, 4.69) is 34.0 Å². The van der Waals surface area contributed by atoms with Crippen LogP contribution in [0.15, 0.2) is 0 Å². The first-order valence-corrected chi connectivity index (χ1v) is 5.66. The molecule has 0 heterocycles. The molecule has 1 nitrogen and oxygen atoms in total. The van der Waals surface area contributed by atoms with Crippen LogP contribution in [0.25, 0.3) is 0 Å². The van der Waals surface area contributed by atoms with Gasteiger partial charge < -0.3 is 0 Å². The molecule has 0 aliphatic heterocycles. The lowest BCUT2D eigenvalue weighted by atomic mass is 10.7. The molecule has 0 bridgehead atoms. The molecule has 0 radical (unpaired) electrons. The van der Waals surface area contributed by atoms with Crippen LogP contribution in [0.1, 0.15) is 13.8 Å². The minimum atomic E-state index is 0.795. The quantitative estimate of drug-likeness (QED) is 0.608. The van der Waals surface area contributed by atoms with Crippen molar-refractivity contribution < 1.29 is 0 Å². The van der Waals surface area contributed by atoms with E-state index in [1.165, 1.54) is 0 Å². The largest absolute Gasteiger partial charge is 0.276 e. The Bertz CT molecular complexity index is 33.2. The molecule has 0 N–H and O–H groups in total. The van der Waals surface area contributed by atoms with Crippen LogP contribution in [0, 0.1) is 0 Å². The minimum absolute atomic E-state index is 0.795. The molecule has 0 amide bonds. The van der Waals surface area contributed by atoms with Gasteiger partial charge in [-0.25, -0.2) is 0 Å². The summed E-state index contributed by atoms with van der Waals surface area (Å²) >= 11 is 3.39. The number of rotatable bonds is 3. The fourth-order valence-corrected chi connectivity index (χ4v) is 2.09. The van der Waals surface area contributed by atoms with Gasteiger partial charge in [-0.3, -0.25) is 4.67 Å². The van der Waals surface area contributed by atoms with E-state index >= 15 is 0 Å². The zero-order valence-electron chi connectivity index (χ0n) is 4.74. The molecule has 0 aliphatic carbocycles. The Hall–Kier alpha value is 0.870. The third-order valence-corrected chi connectivity index (χ3v) is 3.26. The maximum atomic E-state index is 3.39. The second-order valence-corrected chi connectivity index (χ2v) is 3.12. The number of halogens is 1. The first kappa shape index (κ1) is 7.87. The van der Waals surface area contributed by atoms with Crippen LogP contribution in [0.4, 0.5) is 0 Å². The molecule has 0 aliphatic rings. The summed E-state index contributed by atoms with van der Waals surface area (Å²) in [5, 5.41) is 0. The predicted molar refractivity (Wildman–Crippen MR) is 40.2 cm³/mol. The van der Waals surface area contributed by atoms with Crippen LogP contribution >= 0.6 is 22.9 Å². The van der Waals surface area contributed by atoms with E-state index in [-0.39, 0.29) is 0 Å². The highest BCUT2D eigenvalue weighted by Gasteiger charge is 1.90. The summed E-state index contributed by atoms with van der Waals surface area (Å²) in [6, 6.07) is 0. The summed E-state index contributed by atoms with van der Waals surface area (Å²) < 4.78 is 2.32. The standard InChI is InChI=1S/C4H11BrNP/c1-3-6(4-2)7-5/h7H,3-4H2,1-2H3. The van der Waals surface area contributed by atoms with Gasteiger partial charge in [-0.05, 0) is 28.6 Å². The van der Waals surface area contributed by atoms with Gasteiger partial charge in [0.1, 0.15) is 0 Å². The fourth-order valence-electron chi connectivity index (χ4n) is 0.343. The Kier molecular flexibility index (Phi) is 5.64. The van der Waals surface area contributed by atoms with E-state index in [0.717, 1.165) is 20.5 Å². The van der Waals surface area contributed by atoms with Gasteiger partial charge >= 0.3 is 0 Å². The third-order valence-electron chi connectivity index (χ3n) is 0.883. The van der Waals surface area contributed by atoms with Gasteiger partial charge in [0, 0.05) is 7.43 Å². The summed E-state index contributed by atoms with van der Waals surface area (Å²) in [5.74, 6) is 0. The highest BCUT2D eigenvalue weighted by molar-refractivity contribution is 9.36. The smallest absolute Gasteiger partial charge is 0.0213 e. The lowest BCUT2D eigenvalue weighted by Crippen LogP contribution is -2.09. The van der Waals surface area contributed by atoms with Crippen molar-refractivity contribution in [1.29, 1.82) is 0 Å². The lowest BCUT2D eigenvalue weighted by molar-refractivity contribution is 0.522. The third kappa shape index (κ3) is 3.45. The van der Waals surface area contributed by atoms with E-state index in [1.54, 1.807) is 0 Å². The zero-order valence-corrected chi connectivity index (χ0v) is 7.33. The molecule has 1 atom stereocenters. The number of nitrogens with zero attached hydrogens (tertiary/aromatic N) is 1. The maximum absolute atomic E-state index is 3.39. The molecule has 0 spiro atoms. The van der Waals surface area contributed by atoms with Crippen LogP contribution in [0.3, 0.4) is 0 Å². The van der Waals surface area contributed by atoms with Crippen LogP contribution in [-0.2, 0) is 0 Å². The minimum Gasteiger partial charge on any atom is -0.276 e. The average Bonchev–Trinajstić information content (AvgIpc) is 1.72. The SMILES string of the molecule is CCN(CC)PBr. The molecule has 0 aromatic rings. The maximum Gasteiger partial charge on any atom is 0.0213 e. The number of hydrogen-bond acceptors (Lipinski definition) is 1. The van der Waals surface area contributed by atoms with Gasteiger partial charge in [-0.2, -0.15) is 0 Å². The summed E-state index contributed by atoms with van der Waals surface area (Å²) in [5.41, 5.74) is 0. The summed E-state index contributed by atoms with van der Waals surface area (Å²) in [7, 11) is 0.795. The van der Waals surface area contributed by atoms with Crippen LogP contribution < -0.4 is 0 Å². The van der Waals surface area contributed by atoms with Gasteiger partial charge in [0.2, 0.25) is 0 Å². The first-order valence-electron chi connectivity index (χ1n) is 2.46. The van der Waals surface area contributed by atoms with E-state index in [1.807, 2.05) is 0 Å². The van der Waals surface area contributed by atoms with Gasteiger partial charge in [0.05, 0.1) is 0 Å². The highest BCUT2D eigenvalue weighted by Crippen LogP contribution is 2.24. The van der Waals surface area contributed by atoms with Crippen molar-refractivity contribution in [2.75, 3.05) is 13.1 Å². The monoisotopic (exact) mass is 183 g/mol. The van der Waals surface area contributed by atoms with Gasteiger partial charge in [0.15, 0.2) is 0 Å². The molecule has 0 rings (SSSR count). The van der Waals surface area contributed by atoms with E-state index in [4.69, 9.17) is 0 Å². The van der Waals surface area contributed by atoms with E-state index in [0.29, 0.717) is 0 Å². The van der Waals surface area contributed by atoms with Crippen molar-refractivity contribution in [1.82, 2.24) is 4.67 Å². The summed E-state index contributed by atoms with van der Waals surface area (Å²) in [6.07, 6.45) is 0. The lowest BCUT2D eigenvalue weighted by Gasteiger charge is -2.11. The van der Waals surface area contributed by atoms with Crippen LogP contribution in [0.5, 0.6) is 0 Å². The Morgan fingerprint density at radius 2 is 1.86 bits per heavy atom. The van der Waals surface area contributed by atoms with Gasteiger partial charge in [-0.15, -0.1) is 0 Å². The Labute approximate surface area is 55.0 Å². The second-order valence-electron chi connectivity index (χ2n) is 1.26. The molecule has 0 aromatic heterocycles. The van der Waals surface area contributed by atoms with Crippen molar-refractivity contribution in [3.63, 3.8) is 0 Å². The second kappa shape index (κ2) is 5.02. The normalized spacial score (nSPS) is 12.0. The Morgan fingerprint density at radius 1 is 1.43 bits per heavy atom. The van der Waals surface area contributed by atoms with Crippen molar-refractivity contribution >= 4 is 22.9 Å².